The first-order valence-corrected chi connectivity index (χ1v) is 7.81. The van der Waals surface area contributed by atoms with Crippen molar-refractivity contribution in [2.24, 2.45) is 0 Å². The summed E-state index contributed by atoms with van der Waals surface area (Å²) in [6, 6.07) is 3.61. The highest BCUT2D eigenvalue weighted by atomic mass is 35.5. The van der Waals surface area contributed by atoms with Gasteiger partial charge in [-0.15, -0.1) is 11.3 Å². The largest absolute Gasteiger partial charge is 0.494 e. The van der Waals surface area contributed by atoms with Gasteiger partial charge >= 0.3 is 5.97 Å². The molecule has 7 nitrogen and oxygen atoms in total. The number of nitrogens with one attached hydrogen (secondary N) is 2. The standard InChI is InChI=1S/C14H13ClN4O3S/c1-21-9-4-3-8(16-5-7-6-17-14(15)23-7)10-11(9)18-19-12(10)13(20)22-2/h3-4,6,16H,5H2,1-2H3,(H,18,19). The summed E-state index contributed by atoms with van der Waals surface area (Å²) in [5.41, 5.74) is 1.56. The number of fused-ring (bicyclic) bond motifs is 1. The van der Waals surface area contributed by atoms with E-state index >= 15 is 0 Å². The lowest BCUT2D eigenvalue weighted by atomic mass is 10.1. The molecule has 0 bridgehead atoms. The lowest BCUT2D eigenvalue weighted by Crippen LogP contribution is -2.04. The van der Waals surface area contributed by atoms with Crippen molar-refractivity contribution in [3.05, 3.63) is 33.4 Å². The van der Waals surface area contributed by atoms with E-state index in [1.807, 2.05) is 6.07 Å². The minimum atomic E-state index is -0.496. The number of hydrogen-bond acceptors (Lipinski definition) is 7. The summed E-state index contributed by atoms with van der Waals surface area (Å²) in [6.07, 6.45) is 1.71. The number of halogens is 1. The molecule has 0 aliphatic heterocycles. The molecule has 0 radical (unpaired) electrons. The highest BCUT2D eigenvalue weighted by Gasteiger charge is 2.20. The molecule has 0 fully saturated rings. The molecular formula is C14H13ClN4O3S. The van der Waals surface area contributed by atoms with Crippen molar-refractivity contribution in [1.29, 1.82) is 0 Å². The number of thiazole rings is 1. The van der Waals surface area contributed by atoms with E-state index in [1.165, 1.54) is 18.4 Å². The number of methoxy groups -OCH3 is 2. The van der Waals surface area contributed by atoms with Crippen LogP contribution < -0.4 is 10.1 Å². The van der Waals surface area contributed by atoms with E-state index in [1.54, 1.807) is 19.4 Å². The number of esters is 1. The maximum atomic E-state index is 11.9. The maximum absolute atomic E-state index is 11.9. The molecule has 23 heavy (non-hydrogen) atoms. The molecule has 0 spiro atoms. The predicted molar refractivity (Wildman–Crippen MR) is 88.4 cm³/mol. The lowest BCUT2D eigenvalue weighted by molar-refractivity contribution is 0.0596. The average molecular weight is 353 g/mol. The number of aromatic amines is 1. The van der Waals surface area contributed by atoms with Gasteiger partial charge in [0.25, 0.3) is 0 Å². The Morgan fingerprint density at radius 2 is 2.26 bits per heavy atom. The number of hydrogen-bond donors (Lipinski definition) is 2. The molecule has 120 valence electrons. The van der Waals surface area contributed by atoms with Crippen LogP contribution in [-0.4, -0.2) is 35.4 Å². The molecule has 0 atom stereocenters. The maximum Gasteiger partial charge on any atom is 0.356 e. The van der Waals surface area contributed by atoms with Gasteiger partial charge in [0.05, 0.1) is 26.2 Å². The predicted octanol–water partition coefficient (Wildman–Crippen LogP) is 3.08. The molecule has 2 N–H and O–H groups in total. The highest BCUT2D eigenvalue weighted by Crippen LogP contribution is 2.33. The molecule has 0 saturated heterocycles. The van der Waals surface area contributed by atoms with Gasteiger partial charge in [-0.3, -0.25) is 5.10 Å². The smallest absolute Gasteiger partial charge is 0.356 e. The van der Waals surface area contributed by atoms with Crippen LogP contribution in [0.25, 0.3) is 10.9 Å². The molecule has 0 amide bonds. The summed E-state index contributed by atoms with van der Waals surface area (Å²) in [7, 11) is 2.87. The van der Waals surface area contributed by atoms with Crippen molar-refractivity contribution >= 4 is 45.5 Å². The summed E-state index contributed by atoms with van der Waals surface area (Å²) in [6.45, 7) is 0.525. The van der Waals surface area contributed by atoms with E-state index in [0.717, 1.165) is 10.6 Å². The van der Waals surface area contributed by atoms with Crippen LogP contribution in [0.4, 0.5) is 5.69 Å². The Kier molecular flexibility index (Phi) is 4.35. The highest BCUT2D eigenvalue weighted by molar-refractivity contribution is 7.15. The van der Waals surface area contributed by atoms with Gasteiger partial charge in [0.2, 0.25) is 0 Å². The third-order valence-corrected chi connectivity index (χ3v) is 4.37. The monoisotopic (exact) mass is 352 g/mol. The van der Waals surface area contributed by atoms with Gasteiger partial charge in [0, 0.05) is 16.8 Å². The second-order valence-corrected chi connectivity index (χ2v) is 6.26. The Bertz CT molecular complexity index is 861. The van der Waals surface area contributed by atoms with E-state index in [-0.39, 0.29) is 5.69 Å². The van der Waals surface area contributed by atoms with Crippen LogP contribution in [0.1, 0.15) is 15.4 Å². The molecule has 0 unspecified atom stereocenters. The number of carbonyl (C=O) groups excluding carboxylic acids is 1. The first kappa shape index (κ1) is 15.6. The lowest BCUT2D eigenvalue weighted by Gasteiger charge is -2.09. The van der Waals surface area contributed by atoms with E-state index < -0.39 is 5.97 Å². The van der Waals surface area contributed by atoms with Crippen LogP contribution >= 0.6 is 22.9 Å². The van der Waals surface area contributed by atoms with Crippen molar-refractivity contribution < 1.29 is 14.3 Å². The van der Waals surface area contributed by atoms with Crippen molar-refractivity contribution in [2.45, 2.75) is 6.54 Å². The van der Waals surface area contributed by atoms with Crippen molar-refractivity contribution in [2.75, 3.05) is 19.5 Å². The Hall–Kier alpha value is -2.32. The molecule has 0 saturated carbocycles. The van der Waals surface area contributed by atoms with Gasteiger partial charge in [-0.1, -0.05) is 11.6 Å². The van der Waals surface area contributed by atoms with E-state index in [0.29, 0.717) is 27.7 Å². The number of benzene rings is 1. The average Bonchev–Trinajstić information content (AvgIpc) is 3.18. The second-order valence-electron chi connectivity index (χ2n) is 4.56. The van der Waals surface area contributed by atoms with Crippen LogP contribution in [0, 0.1) is 0 Å². The first-order valence-electron chi connectivity index (χ1n) is 6.61. The van der Waals surface area contributed by atoms with Gasteiger partial charge in [-0.05, 0) is 12.1 Å². The summed E-state index contributed by atoms with van der Waals surface area (Å²) in [5.74, 6) is 0.0717. The third-order valence-electron chi connectivity index (χ3n) is 3.26. The normalized spacial score (nSPS) is 10.7. The van der Waals surface area contributed by atoms with Gasteiger partial charge < -0.3 is 14.8 Å². The number of carbonyl (C=O) groups is 1. The number of aromatic nitrogens is 3. The molecule has 3 aromatic rings. The van der Waals surface area contributed by atoms with Crippen LogP contribution in [0.3, 0.4) is 0 Å². The summed E-state index contributed by atoms with van der Waals surface area (Å²) in [4.78, 5) is 16.9. The number of nitrogens with zero attached hydrogens (tertiary/aromatic N) is 2. The number of ether oxygens (including phenoxy) is 2. The third kappa shape index (κ3) is 2.95. The zero-order valence-electron chi connectivity index (χ0n) is 12.3. The van der Waals surface area contributed by atoms with Crippen LogP contribution in [-0.2, 0) is 11.3 Å². The molecule has 2 aromatic heterocycles. The minimum absolute atomic E-state index is 0.270. The summed E-state index contributed by atoms with van der Waals surface area (Å²) >= 11 is 7.22. The molecule has 3 rings (SSSR count). The Labute approximate surface area is 140 Å². The summed E-state index contributed by atoms with van der Waals surface area (Å²) < 4.78 is 10.6. The number of H-pyrrole nitrogens is 1. The van der Waals surface area contributed by atoms with Gasteiger partial charge in [-0.25, -0.2) is 9.78 Å². The fraction of sp³-hybridized carbons (Fsp3) is 0.214. The first-order chi connectivity index (χ1) is 11.1. The quantitative estimate of drug-likeness (QED) is 0.686. The van der Waals surface area contributed by atoms with Crippen molar-refractivity contribution in [3.63, 3.8) is 0 Å². The zero-order valence-corrected chi connectivity index (χ0v) is 13.9. The molecular weight excluding hydrogens is 340 g/mol. The van der Waals surface area contributed by atoms with E-state index in [4.69, 9.17) is 21.1 Å². The fourth-order valence-corrected chi connectivity index (χ4v) is 3.13. The van der Waals surface area contributed by atoms with E-state index in [2.05, 4.69) is 20.5 Å². The topological polar surface area (TPSA) is 89.1 Å². The molecule has 1 aromatic carbocycles. The molecule has 2 heterocycles. The fourth-order valence-electron chi connectivity index (χ4n) is 2.21. The van der Waals surface area contributed by atoms with Crippen LogP contribution in [0.5, 0.6) is 5.75 Å². The van der Waals surface area contributed by atoms with Crippen LogP contribution in [0.15, 0.2) is 18.3 Å². The molecule has 0 aliphatic rings. The second kappa shape index (κ2) is 6.43. The van der Waals surface area contributed by atoms with Crippen molar-refractivity contribution in [1.82, 2.24) is 15.2 Å². The van der Waals surface area contributed by atoms with Crippen LogP contribution in [0.2, 0.25) is 4.47 Å². The Morgan fingerprint density at radius 1 is 1.43 bits per heavy atom. The number of anilines is 1. The summed E-state index contributed by atoms with van der Waals surface area (Å²) in [5, 5.41) is 10.7. The van der Waals surface area contributed by atoms with Crippen molar-refractivity contribution in [3.8, 4) is 5.75 Å². The molecule has 9 heteroatoms. The zero-order chi connectivity index (χ0) is 16.4. The Morgan fingerprint density at radius 3 is 2.91 bits per heavy atom. The van der Waals surface area contributed by atoms with Gasteiger partial charge in [0.1, 0.15) is 11.3 Å². The minimum Gasteiger partial charge on any atom is -0.494 e. The Balaban J connectivity index is 2.01. The molecule has 0 aliphatic carbocycles. The SMILES string of the molecule is COC(=O)c1[nH]nc2c(OC)ccc(NCc3cnc(Cl)s3)c12. The van der Waals surface area contributed by atoms with E-state index in [9.17, 15) is 4.79 Å². The number of rotatable bonds is 5. The van der Waals surface area contributed by atoms with Gasteiger partial charge in [0.15, 0.2) is 10.2 Å². The van der Waals surface area contributed by atoms with Gasteiger partial charge in [-0.2, -0.15) is 5.10 Å².